The number of nitrogens with zero attached hydrogens (tertiary/aromatic N) is 1. The first-order valence-corrected chi connectivity index (χ1v) is 7.75. The summed E-state index contributed by atoms with van der Waals surface area (Å²) in [5.41, 5.74) is 2.30. The van der Waals surface area contributed by atoms with Gasteiger partial charge in [0.05, 0.1) is 0 Å². The first-order valence-electron chi connectivity index (χ1n) is 7.37. The van der Waals surface area contributed by atoms with E-state index in [9.17, 15) is 9.59 Å². The van der Waals surface area contributed by atoms with Crippen molar-refractivity contribution in [2.24, 2.45) is 0 Å². The summed E-state index contributed by atoms with van der Waals surface area (Å²) in [6, 6.07) is 14.7. The molecule has 0 spiro atoms. The molecular weight excluding hydrogens is 312 g/mol. The standard InChI is InChI=1S/C18H19ClN2O2/c1-13-16(19)9-6-10-17(13)20-18(23)11-12-21(14(2)22)15-7-4-3-5-8-15/h3-10H,11-12H2,1-2H3,(H,20,23). The van der Waals surface area contributed by atoms with E-state index in [1.807, 2.05) is 37.3 Å². The highest BCUT2D eigenvalue weighted by molar-refractivity contribution is 6.31. The Balaban J connectivity index is 2.00. The lowest BCUT2D eigenvalue weighted by molar-refractivity contribution is -0.117. The number of hydrogen-bond acceptors (Lipinski definition) is 2. The number of halogens is 1. The molecule has 0 saturated heterocycles. The van der Waals surface area contributed by atoms with E-state index in [1.54, 1.807) is 23.1 Å². The SMILES string of the molecule is CC(=O)N(CCC(=O)Nc1cccc(Cl)c1C)c1ccccc1. The molecule has 4 nitrogen and oxygen atoms in total. The number of para-hydroxylation sites is 1. The summed E-state index contributed by atoms with van der Waals surface area (Å²) in [5, 5.41) is 3.44. The van der Waals surface area contributed by atoms with E-state index < -0.39 is 0 Å². The maximum Gasteiger partial charge on any atom is 0.226 e. The molecule has 0 bridgehead atoms. The van der Waals surface area contributed by atoms with Crippen molar-refractivity contribution in [1.29, 1.82) is 0 Å². The van der Waals surface area contributed by atoms with Crippen LogP contribution in [0.15, 0.2) is 48.5 Å². The highest BCUT2D eigenvalue weighted by atomic mass is 35.5. The Morgan fingerprint density at radius 3 is 2.43 bits per heavy atom. The molecule has 23 heavy (non-hydrogen) atoms. The summed E-state index contributed by atoms with van der Waals surface area (Å²) < 4.78 is 0. The van der Waals surface area contributed by atoms with Gasteiger partial charge in [0.2, 0.25) is 11.8 Å². The van der Waals surface area contributed by atoms with Gasteiger partial charge in [-0.1, -0.05) is 35.9 Å². The fourth-order valence-electron chi connectivity index (χ4n) is 2.25. The van der Waals surface area contributed by atoms with Crippen LogP contribution in [0.3, 0.4) is 0 Å². The largest absolute Gasteiger partial charge is 0.326 e. The normalized spacial score (nSPS) is 10.2. The van der Waals surface area contributed by atoms with Crippen LogP contribution < -0.4 is 10.2 Å². The van der Waals surface area contributed by atoms with Crippen LogP contribution in [0.25, 0.3) is 0 Å². The topological polar surface area (TPSA) is 49.4 Å². The Hall–Kier alpha value is -2.33. The minimum absolute atomic E-state index is 0.0945. The first kappa shape index (κ1) is 17.0. The molecular formula is C18H19ClN2O2. The maximum absolute atomic E-state index is 12.1. The summed E-state index contributed by atoms with van der Waals surface area (Å²) in [6.07, 6.45) is 0.209. The fourth-order valence-corrected chi connectivity index (χ4v) is 2.42. The van der Waals surface area contributed by atoms with Crippen LogP contribution >= 0.6 is 11.6 Å². The second-order valence-corrected chi connectivity index (χ2v) is 5.62. The number of anilines is 2. The average Bonchev–Trinajstić information content (AvgIpc) is 2.53. The van der Waals surface area contributed by atoms with E-state index in [-0.39, 0.29) is 18.2 Å². The van der Waals surface area contributed by atoms with E-state index in [1.165, 1.54) is 6.92 Å². The minimum Gasteiger partial charge on any atom is -0.326 e. The lowest BCUT2D eigenvalue weighted by Gasteiger charge is -2.21. The molecule has 2 rings (SSSR count). The molecule has 0 atom stereocenters. The van der Waals surface area contributed by atoms with Crippen molar-refractivity contribution in [2.75, 3.05) is 16.8 Å². The van der Waals surface area contributed by atoms with Crippen LogP contribution in [0.1, 0.15) is 18.9 Å². The summed E-state index contributed by atoms with van der Waals surface area (Å²) >= 11 is 6.04. The molecule has 0 aromatic heterocycles. The number of rotatable bonds is 5. The van der Waals surface area contributed by atoms with E-state index in [0.29, 0.717) is 17.3 Å². The molecule has 0 radical (unpaired) electrons. The number of benzene rings is 2. The molecule has 0 saturated carbocycles. The second-order valence-electron chi connectivity index (χ2n) is 5.22. The van der Waals surface area contributed by atoms with Crippen LogP contribution in [-0.4, -0.2) is 18.4 Å². The quantitative estimate of drug-likeness (QED) is 0.899. The van der Waals surface area contributed by atoms with Crippen LogP contribution in [0, 0.1) is 6.92 Å². The molecule has 2 amide bonds. The van der Waals surface area contributed by atoms with Crippen LogP contribution in [-0.2, 0) is 9.59 Å². The van der Waals surface area contributed by atoms with Gasteiger partial charge in [0.15, 0.2) is 0 Å². The smallest absolute Gasteiger partial charge is 0.226 e. The van der Waals surface area contributed by atoms with E-state index in [4.69, 9.17) is 11.6 Å². The summed E-state index contributed by atoms with van der Waals surface area (Å²) in [7, 11) is 0. The predicted octanol–water partition coefficient (Wildman–Crippen LogP) is 4.03. The molecule has 0 aliphatic carbocycles. The average molecular weight is 331 g/mol. The zero-order chi connectivity index (χ0) is 16.8. The highest BCUT2D eigenvalue weighted by Crippen LogP contribution is 2.23. The third kappa shape index (κ3) is 4.57. The van der Waals surface area contributed by atoms with Crippen molar-refractivity contribution < 1.29 is 9.59 Å². The molecule has 0 unspecified atom stereocenters. The summed E-state index contributed by atoms with van der Waals surface area (Å²) in [6.45, 7) is 3.67. The van der Waals surface area contributed by atoms with Gasteiger partial charge < -0.3 is 10.2 Å². The third-order valence-corrected chi connectivity index (χ3v) is 3.96. The van der Waals surface area contributed by atoms with Crippen molar-refractivity contribution in [2.45, 2.75) is 20.3 Å². The molecule has 2 aromatic rings. The molecule has 120 valence electrons. The Bertz CT molecular complexity index is 701. The summed E-state index contributed by atoms with van der Waals surface area (Å²) in [4.78, 5) is 25.5. The Morgan fingerprint density at radius 2 is 1.78 bits per heavy atom. The van der Waals surface area contributed by atoms with Crippen molar-refractivity contribution in [3.05, 3.63) is 59.1 Å². The van der Waals surface area contributed by atoms with Crippen LogP contribution in [0.2, 0.25) is 5.02 Å². The van der Waals surface area contributed by atoms with Crippen molar-refractivity contribution in [1.82, 2.24) is 0 Å². The number of nitrogens with one attached hydrogen (secondary N) is 1. The van der Waals surface area contributed by atoms with Crippen LogP contribution in [0.5, 0.6) is 0 Å². The van der Waals surface area contributed by atoms with Crippen molar-refractivity contribution in [3.63, 3.8) is 0 Å². The molecule has 2 aromatic carbocycles. The van der Waals surface area contributed by atoms with E-state index >= 15 is 0 Å². The lowest BCUT2D eigenvalue weighted by Crippen LogP contribution is -2.31. The maximum atomic E-state index is 12.1. The first-order chi connectivity index (χ1) is 11.0. The molecule has 0 aliphatic heterocycles. The van der Waals surface area contributed by atoms with Gasteiger partial charge in [0.1, 0.15) is 0 Å². The zero-order valence-corrected chi connectivity index (χ0v) is 13.9. The van der Waals surface area contributed by atoms with Gasteiger partial charge in [-0.3, -0.25) is 9.59 Å². The molecule has 0 fully saturated rings. The van der Waals surface area contributed by atoms with Gasteiger partial charge in [-0.05, 0) is 36.8 Å². The van der Waals surface area contributed by atoms with Gasteiger partial charge in [-0.15, -0.1) is 0 Å². The minimum atomic E-state index is -0.155. The number of carbonyl (C=O) groups is 2. The Morgan fingerprint density at radius 1 is 1.09 bits per heavy atom. The zero-order valence-electron chi connectivity index (χ0n) is 13.2. The lowest BCUT2D eigenvalue weighted by atomic mass is 10.2. The third-order valence-electron chi connectivity index (χ3n) is 3.55. The van der Waals surface area contributed by atoms with Gasteiger partial charge in [-0.25, -0.2) is 0 Å². The van der Waals surface area contributed by atoms with Gasteiger partial charge in [-0.2, -0.15) is 0 Å². The van der Waals surface area contributed by atoms with Gasteiger partial charge in [0, 0.05) is 36.3 Å². The number of amides is 2. The van der Waals surface area contributed by atoms with Gasteiger partial charge >= 0.3 is 0 Å². The van der Waals surface area contributed by atoms with Crippen molar-refractivity contribution >= 4 is 34.8 Å². The molecule has 0 heterocycles. The van der Waals surface area contributed by atoms with Gasteiger partial charge in [0.25, 0.3) is 0 Å². The Kier molecular flexibility index (Phi) is 5.77. The highest BCUT2D eigenvalue weighted by Gasteiger charge is 2.14. The molecule has 0 aliphatic rings. The summed E-state index contributed by atoms with van der Waals surface area (Å²) in [5.74, 6) is -0.250. The Labute approximate surface area is 141 Å². The second kappa shape index (κ2) is 7.79. The number of carbonyl (C=O) groups excluding carboxylic acids is 2. The fraction of sp³-hybridized carbons (Fsp3) is 0.222. The van der Waals surface area contributed by atoms with E-state index in [2.05, 4.69) is 5.32 Å². The molecule has 1 N–H and O–H groups in total. The monoisotopic (exact) mass is 330 g/mol. The molecule has 5 heteroatoms. The van der Waals surface area contributed by atoms with Crippen molar-refractivity contribution in [3.8, 4) is 0 Å². The van der Waals surface area contributed by atoms with Crippen LogP contribution in [0.4, 0.5) is 11.4 Å². The number of hydrogen-bond donors (Lipinski definition) is 1. The van der Waals surface area contributed by atoms with E-state index in [0.717, 1.165) is 11.3 Å². The predicted molar refractivity (Wildman–Crippen MR) is 93.9 cm³/mol.